The predicted molar refractivity (Wildman–Crippen MR) is 63.3 cm³/mol. The third-order valence-electron chi connectivity index (χ3n) is 2.44. The van der Waals surface area contributed by atoms with E-state index in [0.717, 1.165) is 18.2 Å². The van der Waals surface area contributed by atoms with E-state index in [-0.39, 0.29) is 17.4 Å². The molecule has 1 aliphatic heterocycles. The second-order valence-corrected chi connectivity index (χ2v) is 5.09. The third kappa shape index (κ3) is 4.74. The van der Waals surface area contributed by atoms with E-state index >= 15 is 0 Å². The quantitative estimate of drug-likeness (QED) is 0.736. The highest BCUT2D eigenvalue weighted by atomic mass is 32.2. The van der Waals surface area contributed by atoms with E-state index in [1.807, 2.05) is 0 Å². The number of amides is 1. The Labute approximate surface area is 104 Å². The van der Waals surface area contributed by atoms with Crippen LogP contribution in [0.2, 0.25) is 0 Å². The first-order chi connectivity index (χ1) is 8.00. The van der Waals surface area contributed by atoms with Crippen molar-refractivity contribution in [1.82, 2.24) is 10.4 Å². The summed E-state index contributed by atoms with van der Waals surface area (Å²) in [5.41, 5.74) is 2.57. The van der Waals surface area contributed by atoms with Crippen molar-refractivity contribution in [2.24, 2.45) is 0 Å². The Hall–Kier alpha value is -1.08. The van der Waals surface area contributed by atoms with E-state index in [2.05, 4.69) is 5.43 Å². The number of carbonyl (C=O) groups excluding carboxylic acids is 2. The molecular formula is C10H16N2O4S. The molecule has 1 heterocycles. The Bertz CT molecular complexity index is 321. The van der Waals surface area contributed by atoms with E-state index in [0.29, 0.717) is 18.7 Å². The highest BCUT2D eigenvalue weighted by Gasteiger charge is 2.31. The molecule has 17 heavy (non-hydrogen) atoms. The monoisotopic (exact) mass is 260 g/mol. The van der Waals surface area contributed by atoms with Gasteiger partial charge in [0, 0.05) is 25.6 Å². The van der Waals surface area contributed by atoms with E-state index in [1.54, 1.807) is 0 Å². The van der Waals surface area contributed by atoms with Crippen molar-refractivity contribution >= 4 is 28.8 Å². The topological polar surface area (TPSA) is 86.7 Å². The summed E-state index contributed by atoms with van der Waals surface area (Å²) in [6, 6.07) is -0.626. The Kier molecular flexibility index (Phi) is 5.43. The van der Waals surface area contributed by atoms with Crippen LogP contribution in [0, 0.1) is 0 Å². The highest BCUT2D eigenvalue weighted by molar-refractivity contribution is 8.13. The lowest BCUT2D eigenvalue weighted by atomic mass is 10.2. The van der Waals surface area contributed by atoms with Crippen LogP contribution in [0.3, 0.4) is 0 Å². The van der Waals surface area contributed by atoms with Crippen LogP contribution in [0.15, 0.2) is 0 Å². The average Bonchev–Trinajstić information content (AvgIpc) is 2.65. The molecular weight excluding hydrogens is 244 g/mol. The number of hydrazine groups is 1. The first kappa shape index (κ1) is 14.0. The van der Waals surface area contributed by atoms with Crippen LogP contribution in [-0.2, 0) is 14.4 Å². The number of hydrogen-bond donors (Lipinski definition) is 2. The summed E-state index contributed by atoms with van der Waals surface area (Å²) in [4.78, 5) is 33.0. The van der Waals surface area contributed by atoms with Gasteiger partial charge in [-0.05, 0) is 12.8 Å². The number of aliphatic carboxylic acids is 1. The Morgan fingerprint density at radius 3 is 2.76 bits per heavy atom. The van der Waals surface area contributed by atoms with Crippen molar-refractivity contribution < 1.29 is 19.5 Å². The van der Waals surface area contributed by atoms with Gasteiger partial charge in [0.15, 0.2) is 5.12 Å². The molecule has 0 aliphatic carbocycles. The number of hydrogen-bond acceptors (Lipinski definition) is 5. The van der Waals surface area contributed by atoms with Crippen LogP contribution in [0.25, 0.3) is 0 Å². The molecule has 0 spiro atoms. The van der Waals surface area contributed by atoms with Crippen LogP contribution < -0.4 is 5.43 Å². The van der Waals surface area contributed by atoms with Crippen LogP contribution in [0.4, 0.5) is 0 Å². The van der Waals surface area contributed by atoms with E-state index < -0.39 is 12.0 Å². The third-order valence-corrected chi connectivity index (χ3v) is 3.26. The summed E-state index contributed by atoms with van der Waals surface area (Å²) in [7, 11) is 0. The highest BCUT2D eigenvalue weighted by Crippen LogP contribution is 2.15. The van der Waals surface area contributed by atoms with E-state index in [1.165, 1.54) is 11.9 Å². The maximum atomic E-state index is 11.5. The van der Waals surface area contributed by atoms with Crippen LogP contribution in [0.1, 0.15) is 26.2 Å². The summed E-state index contributed by atoms with van der Waals surface area (Å²) in [6.45, 7) is 2.01. The average molecular weight is 260 g/mol. The van der Waals surface area contributed by atoms with Gasteiger partial charge in [-0.3, -0.25) is 19.8 Å². The molecule has 1 aliphatic rings. The lowest BCUT2D eigenvalue weighted by Crippen LogP contribution is -2.48. The van der Waals surface area contributed by atoms with Crippen molar-refractivity contribution in [3.8, 4) is 0 Å². The zero-order chi connectivity index (χ0) is 12.8. The number of carboxylic acids is 1. The molecule has 1 rings (SSSR count). The van der Waals surface area contributed by atoms with Gasteiger partial charge in [0.2, 0.25) is 5.91 Å². The summed E-state index contributed by atoms with van der Waals surface area (Å²) in [5.74, 6) is -0.736. The molecule has 0 bridgehead atoms. The van der Waals surface area contributed by atoms with Crippen LogP contribution in [-0.4, -0.2) is 45.4 Å². The fourth-order valence-corrected chi connectivity index (χ4v) is 2.24. The van der Waals surface area contributed by atoms with Crippen molar-refractivity contribution in [2.45, 2.75) is 32.2 Å². The van der Waals surface area contributed by atoms with Crippen molar-refractivity contribution in [3.05, 3.63) is 0 Å². The molecule has 1 atom stereocenters. The molecule has 0 saturated carbocycles. The molecule has 2 N–H and O–H groups in total. The first-order valence-corrected chi connectivity index (χ1v) is 6.41. The lowest BCUT2D eigenvalue weighted by molar-refractivity contribution is -0.144. The van der Waals surface area contributed by atoms with Gasteiger partial charge in [0.05, 0.1) is 0 Å². The molecule has 7 heteroatoms. The smallest absolute Gasteiger partial charge is 0.322 e. The molecule has 96 valence electrons. The summed E-state index contributed by atoms with van der Waals surface area (Å²) in [6.07, 6.45) is 1.53. The number of nitrogens with one attached hydrogen (secondary N) is 1. The van der Waals surface area contributed by atoms with Crippen molar-refractivity contribution in [3.63, 3.8) is 0 Å². The molecule has 0 unspecified atom stereocenters. The maximum Gasteiger partial charge on any atom is 0.322 e. The van der Waals surface area contributed by atoms with Crippen LogP contribution in [0.5, 0.6) is 0 Å². The van der Waals surface area contributed by atoms with Crippen LogP contribution >= 0.6 is 11.8 Å². The Morgan fingerprint density at radius 2 is 2.18 bits per heavy atom. The standard InChI is InChI=1S/C10H16N2O4S/c1-7(13)17-6-4-9(14)11-12-5-2-3-8(12)10(15)16/h8H,2-6H2,1H3,(H,11,14)(H,15,16)/t8-/m0/s1. The van der Waals surface area contributed by atoms with Gasteiger partial charge >= 0.3 is 5.97 Å². The minimum Gasteiger partial charge on any atom is -0.480 e. The van der Waals surface area contributed by atoms with Gasteiger partial charge in [-0.25, -0.2) is 5.01 Å². The van der Waals surface area contributed by atoms with Gasteiger partial charge in [0.1, 0.15) is 6.04 Å². The van der Waals surface area contributed by atoms with Gasteiger partial charge in [-0.1, -0.05) is 11.8 Å². The van der Waals surface area contributed by atoms with Crippen molar-refractivity contribution in [1.29, 1.82) is 0 Å². The maximum absolute atomic E-state index is 11.5. The number of rotatable bonds is 5. The molecule has 0 aromatic rings. The molecule has 6 nitrogen and oxygen atoms in total. The fraction of sp³-hybridized carbons (Fsp3) is 0.700. The normalized spacial score (nSPS) is 20.2. The van der Waals surface area contributed by atoms with Crippen molar-refractivity contribution in [2.75, 3.05) is 12.3 Å². The fourth-order valence-electron chi connectivity index (χ4n) is 1.66. The van der Waals surface area contributed by atoms with Gasteiger partial charge in [0.25, 0.3) is 0 Å². The second kappa shape index (κ2) is 6.61. The minimum absolute atomic E-state index is 0.0256. The Balaban J connectivity index is 2.30. The number of nitrogens with zero attached hydrogens (tertiary/aromatic N) is 1. The van der Waals surface area contributed by atoms with Gasteiger partial charge < -0.3 is 5.11 Å². The predicted octanol–water partition coefficient (Wildman–Crippen LogP) is 0.236. The molecule has 1 saturated heterocycles. The summed E-state index contributed by atoms with van der Waals surface area (Å²) < 4.78 is 0. The number of carboxylic acid groups (broad SMARTS) is 1. The zero-order valence-electron chi connectivity index (χ0n) is 9.64. The molecule has 1 amide bonds. The summed E-state index contributed by atoms with van der Waals surface area (Å²) in [5, 5.41) is 10.3. The van der Waals surface area contributed by atoms with E-state index in [4.69, 9.17) is 5.11 Å². The second-order valence-electron chi connectivity index (χ2n) is 3.81. The zero-order valence-corrected chi connectivity index (χ0v) is 10.5. The van der Waals surface area contributed by atoms with Gasteiger partial charge in [-0.15, -0.1) is 0 Å². The van der Waals surface area contributed by atoms with E-state index in [9.17, 15) is 14.4 Å². The molecule has 1 fully saturated rings. The number of thioether (sulfide) groups is 1. The molecule has 0 aromatic heterocycles. The number of carbonyl (C=O) groups is 3. The lowest BCUT2D eigenvalue weighted by Gasteiger charge is -2.21. The Morgan fingerprint density at radius 1 is 1.47 bits per heavy atom. The molecule has 0 radical (unpaired) electrons. The minimum atomic E-state index is -0.916. The first-order valence-electron chi connectivity index (χ1n) is 5.43. The summed E-state index contributed by atoms with van der Waals surface area (Å²) >= 11 is 1.09. The van der Waals surface area contributed by atoms with Gasteiger partial charge in [-0.2, -0.15) is 0 Å². The molecule has 0 aromatic carbocycles. The SMILES string of the molecule is CC(=O)SCCC(=O)NN1CCC[C@H]1C(=O)O. The largest absolute Gasteiger partial charge is 0.480 e.